The standard InChI is InChI=1S/C10H21N3O/c1-11-10(14)9-5-4-6-13(9)8-7-12(2)3/h9H,4-8H2,1-3H3,(H,11,14)/t9-/m0/s1. The Hall–Kier alpha value is -0.610. The van der Waals surface area contributed by atoms with E-state index in [9.17, 15) is 4.79 Å². The number of carbonyl (C=O) groups is 1. The molecule has 1 atom stereocenters. The van der Waals surface area contributed by atoms with Crippen LogP contribution < -0.4 is 5.32 Å². The van der Waals surface area contributed by atoms with Gasteiger partial charge in [-0.2, -0.15) is 0 Å². The summed E-state index contributed by atoms with van der Waals surface area (Å²) >= 11 is 0. The molecule has 4 heteroatoms. The number of nitrogens with one attached hydrogen (secondary N) is 1. The van der Waals surface area contributed by atoms with Crippen molar-refractivity contribution in [2.24, 2.45) is 0 Å². The molecule has 0 bridgehead atoms. The van der Waals surface area contributed by atoms with E-state index < -0.39 is 0 Å². The third-order valence-corrected chi connectivity index (χ3v) is 2.75. The van der Waals surface area contributed by atoms with Crippen molar-refractivity contribution in [2.75, 3.05) is 40.8 Å². The van der Waals surface area contributed by atoms with Crippen LogP contribution in [0, 0.1) is 0 Å². The summed E-state index contributed by atoms with van der Waals surface area (Å²) in [4.78, 5) is 15.9. The van der Waals surface area contributed by atoms with Crippen LogP contribution >= 0.6 is 0 Å². The highest BCUT2D eigenvalue weighted by Crippen LogP contribution is 2.16. The van der Waals surface area contributed by atoms with E-state index in [-0.39, 0.29) is 11.9 Å². The van der Waals surface area contributed by atoms with Crippen molar-refractivity contribution in [1.82, 2.24) is 15.1 Å². The Bertz CT molecular complexity index is 194. The number of hydrogen-bond donors (Lipinski definition) is 1. The lowest BCUT2D eigenvalue weighted by Gasteiger charge is -2.24. The van der Waals surface area contributed by atoms with Crippen molar-refractivity contribution in [3.8, 4) is 0 Å². The largest absolute Gasteiger partial charge is 0.358 e. The van der Waals surface area contributed by atoms with Crippen LogP contribution in [0.4, 0.5) is 0 Å². The number of amides is 1. The smallest absolute Gasteiger partial charge is 0.237 e. The van der Waals surface area contributed by atoms with Crippen LogP contribution in [0.25, 0.3) is 0 Å². The third kappa shape index (κ3) is 2.96. The van der Waals surface area contributed by atoms with Gasteiger partial charge in [0.05, 0.1) is 6.04 Å². The Morgan fingerprint density at radius 2 is 2.29 bits per heavy atom. The summed E-state index contributed by atoms with van der Waals surface area (Å²) in [5.41, 5.74) is 0. The van der Waals surface area contributed by atoms with Gasteiger partial charge in [0.25, 0.3) is 0 Å². The number of carbonyl (C=O) groups excluding carboxylic acids is 1. The normalized spacial score (nSPS) is 23.0. The molecule has 1 saturated heterocycles. The predicted molar refractivity (Wildman–Crippen MR) is 57.2 cm³/mol. The van der Waals surface area contributed by atoms with Crippen LogP contribution in [-0.4, -0.2) is 62.5 Å². The molecule has 82 valence electrons. The Morgan fingerprint density at radius 3 is 2.86 bits per heavy atom. The van der Waals surface area contributed by atoms with Crippen LogP contribution in [0.5, 0.6) is 0 Å². The van der Waals surface area contributed by atoms with Gasteiger partial charge in [-0.1, -0.05) is 0 Å². The Labute approximate surface area is 86.2 Å². The number of rotatable bonds is 4. The maximum Gasteiger partial charge on any atom is 0.237 e. The van der Waals surface area contributed by atoms with Gasteiger partial charge < -0.3 is 10.2 Å². The van der Waals surface area contributed by atoms with Crippen molar-refractivity contribution in [2.45, 2.75) is 18.9 Å². The topological polar surface area (TPSA) is 35.6 Å². The van der Waals surface area contributed by atoms with Crippen LogP contribution in [0.1, 0.15) is 12.8 Å². The molecule has 1 aliphatic rings. The first kappa shape index (κ1) is 11.5. The van der Waals surface area contributed by atoms with Crippen molar-refractivity contribution in [3.63, 3.8) is 0 Å². The third-order valence-electron chi connectivity index (χ3n) is 2.75. The molecule has 0 aliphatic carbocycles. The lowest BCUT2D eigenvalue weighted by Crippen LogP contribution is -2.44. The highest BCUT2D eigenvalue weighted by atomic mass is 16.2. The fourth-order valence-electron chi connectivity index (χ4n) is 1.89. The molecule has 0 spiro atoms. The molecule has 0 aromatic carbocycles. The predicted octanol–water partition coefficient (Wildman–Crippen LogP) is -0.242. The van der Waals surface area contributed by atoms with Gasteiger partial charge in [0.15, 0.2) is 0 Å². The summed E-state index contributed by atoms with van der Waals surface area (Å²) in [6.45, 7) is 3.07. The fourth-order valence-corrected chi connectivity index (χ4v) is 1.89. The first-order valence-electron chi connectivity index (χ1n) is 5.25. The molecule has 0 radical (unpaired) electrons. The first-order chi connectivity index (χ1) is 6.65. The van der Waals surface area contributed by atoms with Crippen LogP contribution in [-0.2, 0) is 4.79 Å². The van der Waals surface area contributed by atoms with Crippen molar-refractivity contribution < 1.29 is 4.79 Å². The zero-order valence-electron chi connectivity index (χ0n) is 9.42. The average Bonchev–Trinajstić information content (AvgIpc) is 2.61. The highest BCUT2D eigenvalue weighted by molar-refractivity contribution is 5.81. The molecule has 1 heterocycles. The van der Waals surface area contributed by atoms with Crippen LogP contribution in [0.3, 0.4) is 0 Å². The number of likely N-dealkylation sites (N-methyl/N-ethyl adjacent to an activating group) is 2. The number of likely N-dealkylation sites (tertiary alicyclic amines) is 1. The van der Waals surface area contributed by atoms with E-state index in [4.69, 9.17) is 0 Å². The number of nitrogens with zero attached hydrogens (tertiary/aromatic N) is 2. The Balaban J connectivity index is 2.39. The van der Waals surface area contributed by atoms with E-state index >= 15 is 0 Å². The maximum absolute atomic E-state index is 11.5. The summed E-state index contributed by atoms with van der Waals surface area (Å²) in [5, 5.41) is 2.73. The summed E-state index contributed by atoms with van der Waals surface area (Å²) < 4.78 is 0. The minimum absolute atomic E-state index is 0.111. The highest BCUT2D eigenvalue weighted by Gasteiger charge is 2.29. The fraction of sp³-hybridized carbons (Fsp3) is 0.900. The van der Waals surface area contributed by atoms with E-state index in [1.807, 2.05) is 0 Å². The molecule has 0 saturated carbocycles. The Kier molecular flexibility index (Phi) is 4.35. The molecule has 4 nitrogen and oxygen atoms in total. The lowest BCUT2D eigenvalue weighted by molar-refractivity contribution is -0.125. The van der Waals surface area contributed by atoms with E-state index in [0.29, 0.717) is 0 Å². The zero-order chi connectivity index (χ0) is 10.6. The molecule has 14 heavy (non-hydrogen) atoms. The van der Waals surface area contributed by atoms with E-state index in [2.05, 4.69) is 29.2 Å². The molecule has 1 rings (SSSR count). The van der Waals surface area contributed by atoms with Crippen molar-refractivity contribution in [3.05, 3.63) is 0 Å². The van der Waals surface area contributed by atoms with Gasteiger partial charge in [-0.05, 0) is 33.5 Å². The molecule has 0 aromatic rings. The SMILES string of the molecule is CNC(=O)[C@@H]1CCCN1CCN(C)C. The van der Waals surface area contributed by atoms with Gasteiger partial charge in [-0.25, -0.2) is 0 Å². The molecule has 1 aliphatic heterocycles. The summed E-state index contributed by atoms with van der Waals surface area (Å²) in [6, 6.07) is 0.111. The van der Waals surface area contributed by atoms with E-state index in [0.717, 1.165) is 32.5 Å². The van der Waals surface area contributed by atoms with Crippen molar-refractivity contribution >= 4 is 5.91 Å². The zero-order valence-corrected chi connectivity index (χ0v) is 9.42. The van der Waals surface area contributed by atoms with Gasteiger partial charge in [0.1, 0.15) is 0 Å². The molecule has 0 unspecified atom stereocenters. The molecule has 1 fully saturated rings. The Morgan fingerprint density at radius 1 is 1.57 bits per heavy atom. The summed E-state index contributed by atoms with van der Waals surface area (Å²) in [5.74, 6) is 0.168. The molecule has 1 N–H and O–H groups in total. The molecular weight excluding hydrogens is 178 g/mol. The molecule has 1 amide bonds. The van der Waals surface area contributed by atoms with E-state index in [1.165, 1.54) is 0 Å². The first-order valence-corrected chi connectivity index (χ1v) is 5.25. The minimum atomic E-state index is 0.111. The second-order valence-electron chi connectivity index (χ2n) is 4.11. The molecule has 0 aromatic heterocycles. The van der Waals surface area contributed by atoms with Crippen molar-refractivity contribution in [1.29, 1.82) is 0 Å². The minimum Gasteiger partial charge on any atom is -0.358 e. The summed E-state index contributed by atoms with van der Waals surface area (Å²) in [6.07, 6.45) is 2.15. The maximum atomic E-state index is 11.5. The molecular formula is C10H21N3O. The van der Waals surface area contributed by atoms with Crippen LogP contribution in [0.15, 0.2) is 0 Å². The lowest BCUT2D eigenvalue weighted by atomic mass is 10.2. The second kappa shape index (κ2) is 5.32. The van der Waals surface area contributed by atoms with Gasteiger partial charge in [0.2, 0.25) is 5.91 Å². The van der Waals surface area contributed by atoms with Crippen LogP contribution in [0.2, 0.25) is 0 Å². The quantitative estimate of drug-likeness (QED) is 0.678. The number of hydrogen-bond acceptors (Lipinski definition) is 3. The average molecular weight is 199 g/mol. The van der Waals surface area contributed by atoms with E-state index in [1.54, 1.807) is 7.05 Å². The van der Waals surface area contributed by atoms with Gasteiger partial charge >= 0.3 is 0 Å². The van der Waals surface area contributed by atoms with Gasteiger partial charge in [-0.3, -0.25) is 9.69 Å². The second-order valence-corrected chi connectivity index (χ2v) is 4.11. The summed E-state index contributed by atoms with van der Waals surface area (Å²) in [7, 11) is 5.83. The van der Waals surface area contributed by atoms with Gasteiger partial charge in [0, 0.05) is 20.1 Å². The monoisotopic (exact) mass is 199 g/mol. The van der Waals surface area contributed by atoms with Gasteiger partial charge in [-0.15, -0.1) is 0 Å².